The first-order chi connectivity index (χ1) is 23.7. The lowest BCUT2D eigenvalue weighted by Crippen LogP contribution is -2.00. The molecule has 0 N–H and O–H groups in total. The van der Waals surface area contributed by atoms with Crippen LogP contribution >= 0.6 is 22.7 Å². The summed E-state index contributed by atoms with van der Waals surface area (Å²) in [6.07, 6.45) is 0. The first-order valence-electron chi connectivity index (χ1n) is 15.7. The standard InChI is InChI=1S/C41H24N4OS2/c1-23-17-19-26-30-22-25(18-20-33(30)47-35(26)21-23)39-43-38(24-9-3-2-4-10-24)44-40(45-39)28-12-8-16-34-36(28)27-11-7-13-29(37(27)48-34)41-42-31-14-5-6-15-32(31)46-41/h2-22H,1H3. The minimum atomic E-state index is 0.621. The van der Waals surface area contributed by atoms with Crippen molar-refractivity contribution in [1.82, 2.24) is 19.9 Å². The Balaban J connectivity index is 1.19. The normalized spacial score (nSPS) is 11.9. The van der Waals surface area contributed by atoms with Crippen molar-refractivity contribution in [2.75, 3.05) is 0 Å². The van der Waals surface area contributed by atoms with Crippen LogP contribution in [0.15, 0.2) is 132 Å². The predicted molar refractivity (Wildman–Crippen MR) is 200 cm³/mol. The van der Waals surface area contributed by atoms with E-state index < -0.39 is 0 Å². The van der Waals surface area contributed by atoms with Crippen molar-refractivity contribution in [1.29, 1.82) is 0 Å². The Kier molecular flexibility index (Phi) is 6.06. The summed E-state index contributed by atoms with van der Waals surface area (Å²) in [4.78, 5) is 20.2. The molecule has 10 rings (SSSR count). The molecule has 0 bridgehead atoms. The highest BCUT2D eigenvalue weighted by Crippen LogP contribution is 2.44. The van der Waals surface area contributed by atoms with Crippen LogP contribution in [0.3, 0.4) is 0 Å². The second-order valence-corrected chi connectivity index (χ2v) is 14.1. The summed E-state index contributed by atoms with van der Waals surface area (Å²) in [6, 6.07) is 43.9. The number of benzene rings is 6. The molecule has 5 nitrogen and oxygen atoms in total. The second-order valence-electron chi connectivity index (χ2n) is 11.9. The van der Waals surface area contributed by atoms with Gasteiger partial charge in [-0.15, -0.1) is 22.7 Å². The van der Waals surface area contributed by atoms with Crippen LogP contribution in [0.1, 0.15) is 5.56 Å². The number of rotatable bonds is 4. The third-order valence-corrected chi connectivity index (χ3v) is 11.2. The number of aromatic nitrogens is 4. The van der Waals surface area contributed by atoms with Gasteiger partial charge in [-0.1, -0.05) is 78.9 Å². The lowest BCUT2D eigenvalue weighted by molar-refractivity contribution is 0.621. The third-order valence-electron chi connectivity index (χ3n) is 8.84. The molecule has 0 saturated heterocycles. The van der Waals surface area contributed by atoms with Gasteiger partial charge < -0.3 is 4.42 Å². The molecule has 226 valence electrons. The molecular weight excluding hydrogens is 629 g/mol. The summed E-state index contributed by atoms with van der Waals surface area (Å²) in [5, 5.41) is 4.70. The van der Waals surface area contributed by atoms with Crippen LogP contribution in [0.5, 0.6) is 0 Å². The minimum absolute atomic E-state index is 0.621. The molecule has 7 heteroatoms. The molecule has 48 heavy (non-hydrogen) atoms. The second kappa shape index (κ2) is 10.6. The van der Waals surface area contributed by atoms with Gasteiger partial charge in [0.05, 0.1) is 5.56 Å². The van der Waals surface area contributed by atoms with E-state index in [4.69, 9.17) is 24.4 Å². The van der Waals surface area contributed by atoms with Crippen molar-refractivity contribution in [2.24, 2.45) is 0 Å². The molecule has 0 fully saturated rings. The average molecular weight is 653 g/mol. The van der Waals surface area contributed by atoms with E-state index >= 15 is 0 Å². The van der Waals surface area contributed by atoms with Crippen molar-refractivity contribution in [3.8, 4) is 45.6 Å². The number of thiophene rings is 2. The number of aryl methyl sites for hydroxylation is 1. The maximum Gasteiger partial charge on any atom is 0.228 e. The fourth-order valence-corrected chi connectivity index (χ4v) is 8.97. The number of fused-ring (bicyclic) bond motifs is 7. The van der Waals surface area contributed by atoms with E-state index in [2.05, 4.69) is 79.7 Å². The zero-order chi connectivity index (χ0) is 31.8. The van der Waals surface area contributed by atoms with Crippen LogP contribution in [-0.4, -0.2) is 19.9 Å². The molecule has 0 aliphatic rings. The van der Waals surface area contributed by atoms with Gasteiger partial charge in [0.2, 0.25) is 5.89 Å². The summed E-state index contributed by atoms with van der Waals surface area (Å²) in [5.41, 5.74) is 6.74. The summed E-state index contributed by atoms with van der Waals surface area (Å²) in [7, 11) is 0. The Bertz CT molecular complexity index is 2830. The van der Waals surface area contributed by atoms with E-state index in [9.17, 15) is 0 Å². The topological polar surface area (TPSA) is 64.7 Å². The Morgan fingerprint density at radius 3 is 2.19 bits per heavy atom. The van der Waals surface area contributed by atoms with Gasteiger partial charge in [0, 0.05) is 57.0 Å². The Morgan fingerprint density at radius 1 is 0.500 bits per heavy atom. The summed E-state index contributed by atoms with van der Waals surface area (Å²) in [6.45, 7) is 2.14. The van der Waals surface area contributed by atoms with E-state index in [-0.39, 0.29) is 0 Å². The Morgan fingerprint density at radius 2 is 1.29 bits per heavy atom. The zero-order valence-corrected chi connectivity index (χ0v) is 27.3. The van der Waals surface area contributed by atoms with Gasteiger partial charge >= 0.3 is 0 Å². The highest BCUT2D eigenvalue weighted by atomic mass is 32.1. The average Bonchev–Trinajstić information content (AvgIpc) is 3.84. The van der Waals surface area contributed by atoms with Crippen LogP contribution in [0.2, 0.25) is 0 Å². The number of para-hydroxylation sites is 2. The molecule has 0 unspecified atom stereocenters. The largest absolute Gasteiger partial charge is 0.436 e. The van der Waals surface area contributed by atoms with Gasteiger partial charge in [-0.3, -0.25) is 0 Å². The van der Waals surface area contributed by atoms with Crippen molar-refractivity contribution in [3.63, 3.8) is 0 Å². The zero-order valence-electron chi connectivity index (χ0n) is 25.6. The SMILES string of the molecule is Cc1ccc2c(c1)sc1ccc(-c3nc(-c4ccccc4)nc(-c4cccc5sc6c(-c7nc8ccccc8o7)cccc6c45)n3)cc12. The molecule has 4 aromatic heterocycles. The molecule has 4 heterocycles. The van der Waals surface area contributed by atoms with Gasteiger partial charge in [0.15, 0.2) is 23.1 Å². The van der Waals surface area contributed by atoms with Crippen molar-refractivity contribution < 1.29 is 4.42 Å². The van der Waals surface area contributed by atoms with Gasteiger partial charge in [0.25, 0.3) is 0 Å². The molecule has 0 amide bonds. The van der Waals surface area contributed by atoms with E-state index in [1.807, 2.05) is 65.9 Å². The smallest absolute Gasteiger partial charge is 0.228 e. The number of oxazole rings is 1. The molecule has 0 saturated carbocycles. The number of hydrogen-bond donors (Lipinski definition) is 0. The number of nitrogens with zero attached hydrogens (tertiary/aromatic N) is 4. The Hall–Kier alpha value is -5.76. The lowest BCUT2D eigenvalue weighted by atomic mass is 10.0. The van der Waals surface area contributed by atoms with E-state index in [0.717, 1.165) is 53.5 Å². The maximum absolute atomic E-state index is 6.22. The van der Waals surface area contributed by atoms with E-state index in [1.54, 1.807) is 11.3 Å². The first kappa shape index (κ1) is 27.4. The quantitative estimate of drug-likeness (QED) is 0.189. The molecule has 0 spiro atoms. The van der Waals surface area contributed by atoms with Gasteiger partial charge in [0.1, 0.15) is 5.52 Å². The van der Waals surface area contributed by atoms with Crippen LogP contribution in [0.4, 0.5) is 0 Å². The maximum atomic E-state index is 6.22. The third kappa shape index (κ3) is 4.36. The first-order valence-corrected chi connectivity index (χ1v) is 17.3. The lowest BCUT2D eigenvalue weighted by Gasteiger charge is -2.10. The highest BCUT2D eigenvalue weighted by Gasteiger charge is 2.20. The molecule has 0 aliphatic heterocycles. The molecule has 0 aliphatic carbocycles. The van der Waals surface area contributed by atoms with E-state index in [1.165, 1.54) is 25.7 Å². The minimum Gasteiger partial charge on any atom is -0.436 e. The van der Waals surface area contributed by atoms with Gasteiger partial charge in [-0.2, -0.15) is 0 Å². The van der Waals surface area contributed by atoms with Crippen molar-refractivity contribution in [2.45, 2.75) is 6.92 Å². The number of hydrogen-bond acceptors (Lipinski definition) is 7. The molecule has 10 aromatic rings. The van der Waals surface area contributed by atoms with Crippen molar-refractivity contribution in [3.05, 3.63) is 133 Å². The molecule has 0 atom stereocenters. The highest BCUT2D eigenvalue weighted by molar-refractivity contribution is 7.26. The predicted octanol–water partition coefficient (Wildman–Crippen LogP) is 11.7. The fraction of sp³-hybridized carbons (Fsp3) is 0.0244. The molecule has 6 aromatic carbocycles. The fourth-order valence-electron chi connectivity index (χ4n) is 6.56. The monoisotopic (exact) mass is 652 g/mol. The van der Waals surface area contributed by atoms with Crippen LogP contribution in [0.25, 0.3) is 97.1 Å². The summed E-state index contributed by atoms with van der Waals surface area (Å²) in [5.74, 6) is 2.55. The van der Waals surface area contributed by atoms with Gasteiger partial charge in [-0.25, -0.2) is 19.9 Å². The van der Waals surface area contributed by atoms with Crippen LogP contribution in [-0.2, 0) is 0 Å². The Labute approximate surface area is 282 Å². The van der Waals surface area contributed by atoms with E-state index in [0.29, 0.717) is 23.4 Å². The molecule has 0 radical (unpaired) electrons. The summed E-state index contributed by atoms with van der Waals surface area (Å²) < 4.78 is 11.0. The van der Waals surface area contributed by atoms with Gasteiger partial charge in [-0.05, 0) is 61.0 Å². The molecular formula is C41H24N4OS2. The van der Waals surface area contributed by atoms with Crippen LogP contribution in [0, 0.1) is 6.92 Å². The van der Waals surface area contributed by atoms with Crippen LogP contribution < -0.4 is 0 Å². The van der Waals surface area contributed by atoms with Crippen molar-refractivity contribution >= 4 is 74.1 Å². The summed E-state index contributed by atoms with van der Waals surface area (Å²) >= 11 is 3.56.